The Morgan fingerprint density at radius 3 is 2.81 bits per heavy atom. The van der Waals surface area contributed by atoms with Gasteiger partial charge in [0.25, 0.3) is 0 Å². The maximum Gasteiger partial charge on any atom is 0.130 e. The highest BCUT2D eigenvalue weighted by Gasteiger charge is 2.14. The fraction of sp³-hybridized carbons (Fsp3) is 0.143. The molecule has 0 bridgehead atoms. The molecule has 1 aliphatic rings. The third kappa shape index (κ3) is 1.47. The lowest BCUT2D eigenvalue weighted by atomic mass is 9.98. The first-order valence-corrected chi connectivity index (χ1v) is 5.35. The van der Waals surface area contributed by atoms with E-state index in [1.54, 1.807) is 6.07 Å². The molecule has 0 amide bonds. The summed E-state index contributed by atoms with van der Waals surface area (Å²) >= 11 is 0. The van der Waals surface area contributed by atoms with Crippen molar-refractivity contribution in [3.63, 3.8) is 0 Å². The second-order valence-corrected chi connectivity index (χ2v) is 3.90. The summed E-state index contributed by atoms with van der Waals surface area (Å²) in [6.07, 6.45) is 0.868. The molecule has 16 heavy (non-hydrogen) atoms. The second-order valence-electron chi connectivity index (χ2n) is 3.90. The fourth-order valence-electron chi connectivity index (χ4n) is 2.11. The highest BCUT2D eigenvalue weighted by atomic mass is 19.1. The Morgan fingerprint density at radius 2 is 1.88 bits per heavy atom. The highest BCUT2D eigenvalue weighted by molar-refractivity contribution is 5.74. The van der Waals surface area contributed by atoms with E-state index in [2.05, 4.69) is 12.1 Å². The van der Waals surface area contributed by atoms with Crippen LogP contribution in [0, 0.1) is 5.82 Å². The van der Waals surface area contributed by atoms with Gasteiger partial charge in [0.1, 0.15) is 11.6 Å². The van der Waals surface area contributed by atoms with Crippen molar-refractivity contribution in [3.8, 4) is 16.9 Å². The lowest BCUT2D eigenvalue weighted by Crippen LogP contribution is -1.98. The van der Waals surface area contributed by atoms with Crippen LogP contribution in [0.3, 0.4) is 0 Å². The first kappa shape index (κ1) is 9.40. The van der Waals surface area contributed by atoms with Gasteiger partial charge in [-0.15, -0.1) is 0 Å². The molecule has 1 aliphatic heterocycles. The Kier molecular flexibility index (Phi) is 2.13. The highest BCUT2D eigenvalue weighted by Crippen LogP contribution is 2.35. The largest absolute Gasteiger partial charge is 0.492 e. The summed E-state index contributed by atoms with van der Waals surface area (Å²) in [5.74, 6) is 0.392. The van der Waals surface area contributed by atoms with Crippen LogP contribution in [-0.2, 0) is 6.42 Å². The van der Waals surface area contributed by atoms with Crippen molar-refractivity contribution in [2.24, 2.45) is 0 Å². The van der Waals surface area contributed by atoms with E-state index in [1.165, 1.54) is 17.7 Å². The molecule has 2 aromatic rings. The lowest BCUT2D eigenvalue weighted by Gasteiger charge is -2.07. The van der Waals surface area contributed by atoms with Gasteiger partial charge in [-0.25, -0.2) is 4.39 Å². The van der Waals surface area contributed by atoms with E-state index in [9.17, 15) is 4.39 Å². The average molecular weight is 214 g/mol. The summed E-state index contributed by atoms with van der Waals surface area (Å²) in [4.78, 5) is 0. The molecular weight excluding hydrogens is 203 g/mol. The summed E-state index contributed by atoms with van der Waals surface area (Å²) < 4.78 is 18.7. The molecule has 1 nitrogen and oxygen atoms in total. The molecule has 3 rings (SSSR count). The number of fused-ring (bicyclic) bond motifs is 3. The number of rotatable bonds is 0. The van der Waals surface area contributed by atoms with Gasteiger partial charge in [0, 0.05) is 18.1 Å². The van der Waals surface area contributed by atoms with Gasteiger partial charge in [-0.1, -0.05) is 24.3 Å². The van der Waals surface area contributed by atoms with Crippen LogP contribution in [0.15, 0.2) is 42.5 Å². The molecule has 0 unspecified atom stereocenters. The van der Waals surface area contributed by atoms with Crippen LogP contribution >= 0.6 is 0 Å². The van der Waals surface area contributed by atoms with Crippen LogP contribution in [0.25, 0.3) is 11.1 Å². The van der Waals surface area contributed by atoms with Gasteiger partial charge in [-0.3, -0.25) is 0 Å². The van der Waals surface area contributed by atoms with Crippen molar-refractivity contribution in [2.75, 3.05) is 6.61 Å². The van der Waals surface area contributed by atoms with Crippen molar-refractivity contribution in [3.05, 3.63) is 53.8 Å². The molecule has 2 aromatic carbocycles. The van der Waals surface area contributed by atoms with E-state index in [0.717, 1.165) is 17.5 Å². The Morgan fingerprint density at radius 1 is 1.00 bits per heavy atom. The zero-order chi connectivity index (χ0) is 11.0. The van der Waals surface area contributed by atoms with Crippen molar-refractivity contribution >= 4 is 0 Å². The number of benzene rings is 2. The Balaban J connectivity index is 2.25. The molecule has 0 aromatic heterocycles. The van der Waals surface area contributed by atoms with Crippen molar-refractivity contribution < 1.29 is 9.13 Å². The van der Waals surface area contributed by atoms with E-state index < -0.39 is 0 Å². The van der Waals surface area contributed by atoms with Crippen LogP contribution < -0.4 is 4.74 Å². The summed E-state index contributed by atoms with van der Waals surface area (Å²) in [7, 11) is 0. The van der Waals surface area contributed by atoms with Gasteiger partial charge in [-0.2, -0.15) is 0 Å². The van der Waals surface area contributed by atoms with E-state index in [4.69, 9.17) is 4.74 Å². The van der Waals surface area contributed by atoms with Crippen LogP contribution in [0.1, 0.15) is 5.56 Å². The fourth-order valence-corrected chi connectivity index (χ4v) is 2.11. The molecule has 2 heteroatoms. The molecule has 80 valence electrons. The topological polar surface area (TPSA) is 9.23 Å². The number of hydrogen-bond donors (Lipinski definition) is 0. The predicted molar refractivity (Wildman–Crippen MR) is 61.0 cm³/mol. The smallest absolute Gasteiger partial charge is 0.130 e. The van der Waals surface area contributed by atoms with Gasteiger partial charge < -0.3 is 4.74 Å². The minimum absolute atomic E-state index is 0.252. The van der Waals surface area contributed by atoms with Crippen LogP contribution in [0.4, 0.5) is 4.39 Å². The second kappa shape index (κ2) is 3.63. The number of ether oxygens (including phenoxy) is 1. The maximum atomic E-state index is 13.1. The van der Waals surface area contributed by atoms with Crippen LogP contribution in [0.2, 0.25) is 0 Å². The Hall–Kier alpha value is -1.83. The summed E-state index contributed by atoms with van der Waals surface area (Å²) in [6.45, 7) is 0.605. The molecule has 0 saturated carbocycles. The molecule has 0 spiro atoms. The lowest BCUT2D eigenvalue weighted by molar-refractivity contribution is 0.325. The zero-order valence-corrected chi connectivity index (χ0v) is 8.74. The van der Waals surface area contributed by atoms with Crippen molar-refractivity contribution in [1.82, 2.24) is 0 Å². The monoisotopic (exact) mass is 214 g/mol. The molecule has 1 heterocycles. The minimum atomic E-state index is -0.252. The SMILES string of the molecule is Fc1ccc2c(c1)OCCc1ccccc1-2. The number of hydrogen-bond acceptors (Lipinski definition) is 1. The van der Waals surface area contributed by atoms with E-state index in [-0.39, 0.29) is 5.82 Å². The molecular formula is C14H11FO. The standard InChI is InChI=1S/C14H11FO/c15-11-5-6-13-12-4-2-1-3-10(12)7-8-16-14(13)9-11/h1-6,9H,7-8H2. The first-order chi connectivity index (χ1) is 7.84. The number of halogens is 1. The van der Waals surface area contributed by atoms with E-state index >= 15 is 0 Å². The van der Waals surface area contributed by atoms with Crippen molar-refractivity contribution in [2.45, 2.75) is 6.42 Å². The molecule has 0 atom stereocenters. The van der Waals surface area contributed by atoms with Gasteiger partial charge in [0.05, 0.1) is 6.61 Å². The van der Waals surface area contributed by atoms with Crippen molar-refractivity contribution in [1.29, 1.82) is 0 Å². The molecule has 0 fully saturated rings. The normalized spacial score (nSPS) is 13.3. The third-order valence-corrected chi connectivity index (χ3v) is 2.88. The predicted octanol–water partition coefficient (Wildman–Crippen LogP) is 3.43. The summed E-state index contributed by atoms with van der Waals surface area (Å²) in [5, 5.41) is 0. The summed E-state index contributed by atoms with van der Waals surface area (Å²) in [6, 6.07) is 12.9. The summed E-state index contributed by atoms with van der Waals surface area (Å²) in [5.41, 5.74) is 3.39. The van der Waals surface area contributed by atoms with Crippen LogP contribution in [0.5, 0.6) is 5.75 Å². The minimum Gasteiger partial charge on any atom is -0.492 e. The van der Waals surface area contributed by atoms with Gasteiger partial charge in [0.2, 0.25) is 0 Å². The quantitative estimate of drug-likeness (QED) is 0.652. The van der Waals surface area contributed by atoms with E-state index in [1.807, 2.05) is 12.1 Å². The first-order valence-electron chi connectivity index (χ1n) is 5.35. The molecule has 0 radical (unpaired) electrons. The van der Waals surface area contributed by atoms with Gasteiger partial charge in [-0.05, 0) is 23.3 Å². The molecule has 0 N–H and O–H groups in total. The molecule has 0 saturated heterocycles. The zero-order valence-electron chi connectivity index (χ0n) is 8.74. The molecule has 0 aliphatic carbocycles. The average Bonchev–Trinajstić information content (AvgIpc) is 2.47. The Labute approximate surface area is 93.5 Å². The van der Waals surface area contributed by atoms with E-state index in [0.29, 0.717) is 12.4 Å². The van der Waals surface area contributed by atoms with Gasteiger partial charge >= 0.3 is 0 Å². The Bertz CT molecular complexity index is 534. The third-order valence-electron chi connectivity index (χ3n) is 2.88. The van der Waals surface area contributed by atoms with Crippen LogP contribution in [-0.4, -0.2) is 6.61 Å². The van der Waals surface area contributed by atoms with Gasteiger partial charge in [0.15, 0.2) is 0 Å². The maximum absolute atomic E-state index is 13.1.